The molecule has 0 aliphatic heterocycles. The number of nitrogens with zero attached hydrogens (tertiary/aromatic N) is 1. The molecule has 2 N–H and O–H groups in total. The van der Waals surface area contributed by atoms with Gasteiger partial charge >= 0.3 is 12.0 Å². The SMILES string of the molecule is CCOC(=O)c1[nH]c(C)c(CN(C(=O)Nc2cccc(OC)c2)C2CCCCC2)c1C. The average molecular weight is 428 g/mol. The zero-order valence-corrected chi connectivity index (χ0v) is 18.9. The summed E-state index contributed by atoms with van der Waals surface area (Å²) in [5.41, 5.74) is 3.85. The van der Waals surface area contributed by atoms with Crippen molar-refractivity contribution in [1.29, 1.82) is 0 Å². The van der Waals surface area contributed by atoms with Gasteiger partial charge in [-0.2, -0.15) is 0 Å². The van der Waals surface area contributed by atoms with Crippen LogP contribution in [-0.4, -0.2) is 41.6 Å². The van der Waals surface area contributed by atoms with Gasteiger partial charge in [-0.15, -0.1) is 0 Å². The van der Waals surface area contributed by atoms with Crippen LogP contribution >= 0.6 is 0 Å². The minimum atomic E-state index is -0.362. The highest BCUT2D eigenvalue weighted by Crippen LogP contribution is 2.28. The van der Waals surface area contributed by atoms with Gasteiger partial charge in [-0.1, -0.05) is 25.3 Å². The lowest BCUT2D eigenvalue weighted by molar-refractivity contribution is 0.0519. The smallest absolute Gasteiger partial charge is 0.355 e. The molecule has 0 unspecified atom stereocenters. The topological polar surface area (TPSA) is 83.7 Å². The fourth-order valence-electron chi connectivity index (χ4n) is 4.26. The maximum Gasteiger partial charge on any atom is 0.355 e. The molecular weight excluding hydrogens is 394 g/mol. The van der Waals surface area contributed by atoms with Crippen LogP contribution in [0.3, 0.4) is 0 Å². The number of aromatic nitrogens is 1. The highest BCUT2D eigenvalue weighted by Gasteiger charge is 2.28. The molecule has 1 aromatic heterocycles. The van der Waals surface area contributed by atoms with Crippen LogP contribution in [0.5, 0.6) is 5.75 Å². The van der Waals surface area contributed by atoms with Crippen molar-refractivity contribution < 1.29 is 19.1 Å². The van der Waals surface area contributed by atoms with Crippen molar-refractivity contribution in [1.82, 2.24) is 9.88 Å². The van der Waals surface area contributed by atoms with E-state index in [1.165, 1.54) is 6.42 Å². The lowest BCUT2D eigenvalue weighted by Gasteiger charge is -2.34. The highest BCUT2D eigenvalue weighted by molar-refractivity contribution is 5.91. The molecule has 7 heteroatoms. The van der Waals surface area contributed by atoms with Crippen LogP contribution in [0.1, 0.15) is 66.3 Å². The Labute approximate surface area is 184 Å². The first kappa shape index (κ1) is 22.7. The van der Waals surface area contributed by atoms with E-state index in [2.05, 4.69) is 10.3 Å². The van der Waals surface area contributed by atoms with Crippen LogP contribution < -0.4 is 10.1 Å². The summed E-state index contributed by atoms with van der Waals surface area (Å²) in [4.78, 5) is 30.7. The number of benzene rings is 1. The standard InChI is InChI=1S/C24H33N3O4/c1-5-31-23(28)22-16(2)21(17(3)25-22)15-27(19-11-7-6-8-12-19)24(29)26-18-10-9-13-20(14-18)30-4/h9-10,13-14,19,25H,5-8,11-12,15H2,1-4H3,(H,26,29). The molecule has 0 spiro atoms. The summed E-state index contributed by atoms with van der Waals surface area (Å²) in [5, 5.41) is 3.03. The van der Waals surface area contributed by atoms with Gasteiger partial charge < -0.3 is 24.7 Å². The molecule has 0 bridgehead atoms. The van der Waals surface area contributed by atoms with E-state index in [1.807, 2.05) is 43.0 Å². The number of carbonyl (C=O) groups excluding carboxylic acids is 2. The van der Waals surface area contributed by atoms with E-state index in [9.17, 15) is 9.59 Å². The highest BCUT2D eigenvalue weighted by atomic mass is 16.5. The van der Waals surface area contributed by atoms with Crippen LogP contribution in [0.25, 0.3) is 0 Å². The van der Waals surface area contributed by atoms with Crippen molar-refractivity contribution in [2.45, 2.75) is 65.5 Å². The Morgan fingerprint density at radius 2 is 1.94 bits per heavy atom. The normalized spacial score (nSPS) is 14.2. The number of H-pyrrole nitrogens is 1. The molecule has 0 atom stereocenters. The predicted molar refractivity (Wildman–Crippen MR) is 121 cm³/mol. The number of urea groups is 1. The maximum atomic E-state index is 13.4. The second-order valence-electron chi connectivity index (χ2n) is 8.03. The Morgan fingerprint density at radius 3 is 2.61 bits per heavy atom. The van der Waals surface area contributed by atoms with Gasteiger partial charge in [-0.05, 0) is 56.9 Å². The molecule has 0 saturated heterocycles. The van der Waals surface area contributed by atoms with Gasteiger partial charge in [0.05, 0.1) is 13.7 Å². The second kappa shape index (κ2) is 10.4. The number of ether oxygens (including phenoxy) is 2. The number of methoxy groups -OCH3 is 1. The van der Waals surface area contributed by atoms with Crippen LogP contribution in [0, 0.1) is 13.8 Å². The first-order chi connectivity index (χ1) is 14.9. The molecule has 168 valence electrons. The first-order valence-corrected chi connectivity index (χ1v) is 11.0. The molecule has 3 rings (SSSR count). The predicted octanol–water partition coefficient (Wildman–Crippen LogP) is 5.18. The zero-order chi connectivity index (χ0) is 22.4. The van der Waals surface area contributed by atoms with Crippen LogP contribution in [0.4, 0.5) is 10.5 Å². The van der Waals surface area contributed by atoms with Gasteiger partial charge in [0.2, 0.25) is 0 Å². The van der Waals surface area contributed by atoms with Crippen molar-refractivity contribution in [3.05, 3.63) is 46.8 Å². The molecule has 2 aromatic rings. The summed E-state index contributed by atoms with van der Waals surface area (Å²) in [6.45, 7) is 6.39. The van der Waals surface area contributed by atoms with Crippen LogP contribution in [0.15, 0.2) is 24.3 Å². The largest absolute Gasteiger partial charge is 0.497 e. The third kappa shape index (κ3) is 5.40. The third-order valence-corrected chi connectivity index (χ3v) is 6.00. The lowest BCUT2D eigenvalue weighted by atomic mass is 9.93. The summed E-state index contributed by atoms with van der Waals surface area (Å²) in [7, 11) is 1.61. The fourth-order valence-corrected chi connectivity index (χ4v) is 4.26. The van der Waals surface area contributed by atoms with Gasteiger partial charge in [0, 0.05) is 30.0 Å². The Hall–Kier alpha value is -2.96. The molecule has 7 nitrogen and oxygen atoms in total. The summed E-state index contributed by atoms with van der Waals surface area (Å²) >= 11 is 0. The third-order valence-electron chi connectivity index (χ3n) is 6.00. The van der Waals surface area contributed by atoms with Gasteiger partial charge in [0.1, 0.15) is 11.4 Å². The Kier molecular flexibility index (Phi) is 7.60. The Balaban J connectivity index is 1.86. The van der Waals surface area contributed by atoms with E-state index < -0.39 is 0 Å². The van der Waals surface area contributed by atoms with Crippen LogP contribution in [0.2, 0.25) is 0 Å². The minimum Gasteiger partial charge on any atom is -0.497 e. The number of nitrogens with one attached hydrogen (secondary N) is 2. The average Bonchev–Trinajstić information content (AvgIpc) is 3.06. The zero-order valence-electron chi connectivity index (χ0n) is 18.9. The molecule has 0 radical (unpaired) electrons. The van der Waals surface area contributed by atoms with E-state index in [0.717, 1.165) is 42.5 Å². The summed E-state index contributed by atoms with van der Waals surface area (Å²) in [6.07, 6.45) is 5.41. The van der Waals surface area contributed by atoms with Crippen molar-refractivity contribution >= 4 is 17.7 Å². The van der Waals surface area contributed by atoms with Gasteiger partial charge in [0.15, 0.2) is 0 Å². The molecule has 1 fully saturated rings. The number of anilines is 1. The van der Waals surface area contributed by atoms with E-state index >= 15 is 0 Å². The quantitative estimate of drug-likeness (QED) is 0.596. The molecule has 1 saturated carbocycles. The van der Waals surface area contributed by atoms with E-state index in [4.69, 9.17) is 9.47 Å². The number of amides is 2. The molecular formula is C24H33N3O4. The molecule has 1 aliphatic carbocycles. The van der Waals surface area contributed by atoms with Crippen molar-refractivity contribution in [2.24, 2.45) is 0 Å². The second-order valence-corrected chi connectivity index (χ2v) is 8.03. The number of aryl methyl sites for hydroxylation is 1. The van der Waals surface area contributed by atoms with E-state index in [-0.39, 0.29) is 18.0 Å². The molecule has 1 aromatic carbocycles. The van der Waals surface area contributed by atoms with Crippen molar-refractivity contribution in [3.8, 4) is 5.75 Å². The number of carbonyl (C=O) groups is 2. The number of esters is 1. The fraction of sp³-hybridized carbons (Fsp3) is 0.500. The molecule has 31 heavy (non-hydrogen) atoms. The number of rotatable bonds is 7. The Bertz CT molecular complexity index is 916. The monoisotopic (exact) mass is 427 g/mol. The van der Waals surface area contributed by atoms with E-state index in [0.29, 0.717) is 30.3 Å². The van der Waals surface area contributed by atoms with Crippen molar-refractivity contribution in [2.75, 3.05) is 19.0 Å². The molecule has 1 aliphatic rings. The van der Waals surface area contributed by atoms with Gasteiger partial charge in [-0.25, -0.2) is 9.59 Å². The van der Waals surface area contributed by atoms with Crippen molar-refractivity contribution in [3.63, 3.8) is 0 Å². The molecule has 1 heterocycles. The van der Waals surface area contributed by atoms with E-state index in [1.54, 1.807) is 14.0 Å². The maximum absolute atomic E-state index is 13.4. The lowest BCUT2D eigenvalue weighted by Crippen LogP contribution is -2.43. The summed E-state index contributed by atoms with van der Waals surface area (Å²) < 4.78 is 10.4. The Morgan fingerprint density at radius 1 is 1.19 bits per heavy atom. The number of hydrogen-bond acceptors (Lipinski definition) is 4. The minimum absolute atomic E-state index is 0.141. The first-order valence-electron chi connectivity index (χ1n) is 11.0. The van der Waals surface area contributed by atoms with Crippen LogP contribution in [-0.2, 0) is 11.3 Å². The summed E-state index contributed by atoms with van der Waals surface area (Å²) in [5.74, 6) is 0.331. The summed E-state index contributed by atoms with van der Waals surface area (Å²) in [6, 6.07) is 7.38. The molecule has 2 amide bonds. The van der Waals surface area contributed by atoms with Gasteiger partial charge in [0.25, 0.3) is 0 Å². The van der Waals surface area contributed by atoms with Gasteiger partial charge in [-0.3, -0.25) is 0 Å². The number of aromatic amines is 1. The number of hydrogen-bond donors (Lipinski definition) is 2.